The molecule has 1 heterocycles. The monoisotopic (exact) mass is 266 g/mol. The van der Waals surface area contributed by atoms with Crippen molar-refractivity contribution in [2.24, 2.45) is 0 Å². The fourth-order valence-electron chi connectivity index (χ4n) is 1.54. The van der Waals surface area contributed by atoms with Crippen molar-refractivity contribution < 1.29 is 13.6 Å². The molecule has 0 radical (unpaired) electrons. The van der Waals surface area contributed by atoms with Crippen molar-refractivity contribution in [2.45, 2.75) is 13.5 Å². The van der Waals surface area contributed by atoms with Crippen molar-refractivity contribution in [3.63, 3.8) is 0 Å². The van der Waals surface area contributed by atoms with E-state index in [4.69, 9.17) is 5.73 Å². The molecule has 0 aliphatic heterocycles. The molecule has 1 aromatic heterocycles. The van der Waals surface area contributed by atoms with Crippen LogP contribution in [-0.2, 0) is 11.3 Å². The van der Waals surface area contributed by atoms with Gasteiger partial charge < -0.3 is 11.1 Å². The predicted molar refractivity (Wildman–Crippen MR) is 66.4 cm³/mol. The number of halogens is 2. The molecule has 0 bridgehead atoms. The summed E-state index contributed by atoms with van der Waals surface area (Å²) in [5, 5.41) is 6.36. The summed E-state index contributed by atoms with van der Waals surface area (Å²) in [6.45, 7) is 1.71. The highest BCUT2D eigenvalue weighted by Crippen LogP contribution is 2.13. The second kappa shape index (κ2) is 5.05. The highest BCUT2D eigenvalue weighted by atomic mass is 19.2. The van der Waals surface area contributed by atoms with Crippen molar-refractivity contribution in [1.29, 1.82) is 0 Å². The molecule has 7 heteroatoms. The summed E-state index contributed by atoms with van der Waals surface area (Å²) in [4.78, 5) is 11.7. The first-order valence-corrected chi connectivity index (χ1v) is 5.50. The Kier molecular flexibility index (Phi) is 3.46. The van der Waals surface area contributed by atoms with Crippen LogP contribution in [0.4, 0.5) is 20.3 Å². The van der Waals surface area contributed by atoms with Gasteiger partial charge >= 0.3 is 0 Å². The van der Waals surface area contributed by atoms with E-state index in [0.29, 0.717) is 5.82 Å². The maximum Gasteiger partial charge on any atom is 0.246 e. The Labute approximate surface area is 108 Å². The normalized spacial score (nSPS) is 10.5. The molecule has 1 aromatic carbocycles. The standard InChI is InChI=1S/C12H12F2N4O/c1-7-5-18(17-12(7)15)6-11(19)16-8-2-3-9(13)10(14)4-8/h2-5H,6H2,1H3,(H2,15,17)(H,16,19). The molecule has 0 spiro atoms. The smallest absolute Gasteiger partial charge is 0.246 e. The summed E-state index contributed by atoms with van der Waals surface area (Å²) in [5.74, 6) is -2.04. The minimum atomic E-state index is -1.02. The first kappa shape index (κ1) is 13.0. The summed E-state index contributed by atoms with van der Waals surface area (Å²) in [7, 11) is 0. The van der Waals surface area contributed by atoms with Crippen LogP contribution in [0.1, 0.15) is 5.56 Å². The molecule has 0 saturated carbocycles. The fraction of sp³-hybridized carbons (Fsp3) is 0.167. The molecular weight excluding hydrogens is 254 g/mol. The highest BCUT2D eigenvalue weighted by Gasteiger charge is 2.08. The van der Waals surface area contributed by atoms with Crippen LogP contribution >= 0.6 is 0 Å². The Balaban J connectivity index is 2.03. The number of nitrogen functional groups attached to an aromatic ring is 1. The van der Waals surface area contributed by atoms with Crippen LogP contribution < -0.4 is 11.1 Å². The second-order valence-corrected chi connectivity index (χ2v) is 4.07. The largest absolute Gasteiger partial charge is 0.382 e. The SMILES string of the molecule is Cc1cn(CC(=O)Nc2ccc(F)c(F)c2)nc1N. The number of carbonyl (C=O) groups is 1. The van der Waals surface area contributed by atoms with E-state index in [0.717, 1.165) is 17.7 Å². The number of amides is 1. The summed E-state index contributed by atoms with van der Waals surface area (Å²) in [5.41, 5.74) is 6.50. The molecule has 100 valence electrons. The lowest BCUT2D eigenvalue weighted by Gasteiger charge is -2.05. The maximum absolute atomic E-state index is 13.0. The van der Waals surface area contributed by atoms with Crippen molar-refractivity contribution in [2.75, 3.05) is 11.1 Å². The zero-order chi connectivity index (χ0) is 14.0. The maximum atomic E-state index is 13.0. The lowest BCUT2D eigenvalue weighted by Crippen LogP contribution is -2.19. The molecular formula is C12H12F2N4O. The Morgan fingerprint density at radius 3 is 2.74 bits per heavy atom. The molecule has 3 N–H and O–H groups in total. The first-order chi connectivity index (χ1) is 8.95. The van der Waals surface area contributed by atoms with E-state index in [1.54, 1.807) is 13.1 Å². The van der Waals surface area contributed by atoms with E-state index in [2.05, 4.69) is 10.4 Å². The number of hydrogen-bond acceptors (Lipinski definition) is 3. The van der Waals surface area contributed by atoms with Gasteiger partial charge in [0, 0.05) is 23.5 Å². The van der Waals surface area contributed by atoms with E-state index in [1.165, 1.54) is 10.7 Å². The van der Waals surface area contributed by atoms with Gasteiger partial charge in [0.15, 0.2) is 11.6 Å². The Bertz CT molecular complexity index is 605. The minimum Gasteiger partial charge on any atom is -0.382 e. The van der Waals surface area contributed by atoms with Crippen LogP contribution in [0.5, 0.6) is 0 Å². The highest BCUT2D eigenvalue weighted by molar-refractivity contribution is 5.90. The van der Waals surface area contributed by atoms with Crippen molar-refractivity contribution >= 4 is 17.4 Å². The van der Waals surface area contributed by atoms with Crippen molar-refractivity contribution in [3.05, 3.63) is 41.6 Å². The topological polar surface area (TPSA) is 72.9 Å². The number of carbonyl (C=O) groups excluding carboxylic acids is 1. The zero-order valence-electron chi connectivity index (χ0n) is 10.2. The molecule has 0 unspecified atom stereocenters. The number of nitrogens with one attached hydrogen (secondary N) is 1. The molecule has 1 amide bonds. The number of aromatic nitrogens is 2. The van der Waals surface area contributed by atoms with E-state index < -0.39 is 17.5 Å². The van der Waals surface area contributed by atoms with Crippen molar-refractivity contribution in [1.82, 2.24) is 9.78 Å². The fourth-order valence-corrected chi connectivity index (χ4v) is 1.54. The van der Waals surface area contributed by atoms with Gasteiger partial charge in [-0.05, 0) is 19.1 Å². The Morgan fingerprint density at radius 2 is 2.16 bits per heavy atom. The van der Waals surface area contributed by atoms with Gasteiger partial charge in [0.05, 0.1) is 0 Å². The van der Waals surface area contributed by atoms with Gasteiger partial charge in [0.1, 0.15) is 12.4 Å². The lowest BCUT2D eigenvalue weighted by atomic mass is 10.3. The lowest BCUT2D eigenvalue weighted by molar-refractivity contribution is -0.116. The molecule has 0 aliphatic carbocycles. The van der Waals surface area contributed by atoms with Crippen LogP contribution in [-0.4, -0.2) is 15.7 Å². The number of aryl methyl sites for hydroxylation is 1. The molecule has 19 heavy (non-hydrogen) atoms. The van der Waals surface area contributed by atoms with Gasteiger partial charge in [-0.25, -0.2) is 8.78 Å². The van der Waals surface area contributed by atoms with Gasteiger partial charge in [-0.3, -0.25) is 9.48 Å². The number of hydrogen-bond donors (Lipinski definition) is 2. The van der Waals surface area contributed by atoms with E-state index >= 15 is 0 Å². The second-order valence-electron chi connectivity index (χ2n) is 4.07. The minimum absolute atomic E-state index is 0.0585. The zero-order valence-corrected chi connectivity index (χ0v) is 10.2. The van der Waals surface area contributed by atoms with Crippen LogP contribution in [0.3, 0.4) is 0 Å². The molecule has 0 saturated heterocycles. The molecule has 5 nitrogen and oxygen atoms in total. The summed E-state index contributed by atoms with van der Waals surface area (Å²) < 4.78 is 27.0. The van der Waals surface area contributed by atoms with Crippen LogP contribution in [0, 0.1) is 18.6 Å². The quantitative estimate of drug-likeness (QED) is 0.887. The number of anilines is 2. The van der Waals surface area contributed by atoms with Crippen LogP contribution in [0.25, 0.3) is 0 Å². The van der Waals surface area contributed by atoms with Crippen molar-refractivity contribution in [3.8, 4) is 0 Å². The third kappa shape index (κ3) is 3.06. The Hall–Kier alpha value is -2.44. The Morgan fingerprint density at radius 1 is 1.42 bits per heavy atom. The van der Waals surface area contributed by atoms with Gasteiger partial charge in [-0.2, -0.15) is 5.10 Å². The van der Waals surface area contributed by atoms with Crippen LogP contribution in [0.2, 0.25) is 0 Å². The van der Waals surface area contributed by atoms with Crippen LogP contribution in [0.15, 0.2) is 24.4 Å². The van der Waals surface area contributed by atoms with E-state index in [1.807, 2.05) is 0 Å². The predicted octanol–water partition coefficient (Wildman–Crippen LogP) is 1.69. The van der Waals surface area contributed by atoms with Gasteiger partial charge in [-0.1, -0.05) is 0 Å². The molecule has 0 atom stereocenters. The number of rotatable bonds is 3. The number of nitrogens with zero attached hydrogens (tertiary/aromatic N) is 2. The van der Waals surface area contributed by atoms with Gasteiger partial charge in [-0.15, -0.1) is 0 Å². The average molecular weight is 266 g/mol. The summed E-state index contributed by atoms with van der Waals surface area (Å²) in [6, 6.07) is 3.13. The van der Waals surface area contributed by atoms with Gasteiger partial charge in [0.25, 0.3) is 0 Å². The third-order valence-electron chi connectivity index (χ3n) is 2.49. The third-order valence-corrected chi connectivity index (χ3v) is 2.49. The molecule has 2 rings (SSSR count). The number of benzene rings is 1. The summed E-state index contributed by atoms with van der Waals surface area (Å²) >= 11 is 0. The molecule has 0 aliphatic rings. The van der Waals surface area contributed by atoms with E-state index in [-0.39, 0.29) is 12.2 Å². The molecule has 0 fully saturated rings. The summed E-state index contributed by atoms with van der Waals surface area (Å²) in [6.07, 6.45) is 1.63. The first-order valence-electron chi connectivity index (χ1n) is 5.50. The average Bonchev–Trinajstić information content (AvgIpc) is 2.63. The number of nitrogens with two attached hydrogens (primary N) is 1. The van der Waals surface area contributed by atoms with E-state index in [9.17, 15) is 13.6 Å². The van der Waals surface area contributed by atoms with Gasteiger partial charge in [0.2, 0.25) is 5.91 Å². The molecule has 2 aromatic rings.